The number of aromatic nitrogens is 2. The second-order valence-corrected chi connectivity index (χ2v) is 6.25. The van der Waals surface area contributed by atoms with Crippen molar-refractivity contribution in [1.82, 2.24) is 15.3 Å². The van der Waals surface area contributed by atoms with E-state index in [1.807, 2.05) is 6.92 Å². The van der Waals surface area contributed by atoms with Crippen molar-refractivity contribution in [1.29, 1.82) is 0 Å². The molecule has 2 unspecified atom stereocenters. The number of carbonyl (C=O) groups excluding carboxylic acids is 2. The van der Waals surface area contributed by atoms with Gasteiger partial charge in [-0.05, 0) is 13.3 Å². The first-order valence-electron chi connectivity index (χ1n) is 9.45. The number of hydrogen-bond donors (Lipinski definition) is 3. The summed E-state index contributed by atoms with van der Waals surface area (Å²) in [6.45, 7) is 8.86. The average Bonchev–Trinajstić information content (AvgIpc) is 2.66. The van der Waals surface area contributed by atoms with E-state index in [1.165, 1.54) is 7.05 Å². The van der Waals surface area contributed by atoms with Gasteiger partial charge in [-0.15, -0.1) is 0 Å². The van der Waals surface area contributed by atoms with E-state index in [0.29, 0.717) is 24.2 Å². The van der Waals surface area contributed by atoms with Gasteiger partial charge in [-0.25, -0.2) is 14.4 Å². The number of rotatable bonds is 11. The first kappa shape index (κ1) is 23.3. The summed E-state index contributed by atoms with van der Waals surface area (Å²) < 4.78 is 14.5. The number of nitrogens with zero attached hydrogens (tertiary/aromatic N) is 2. The highest BCUT2D eigenvalue weighted by atomic mass is 19.1. The lowest BCUT2D eigenvalue weighted by Gasteiger charge is -2.23. The summed E-state index contributed by atoms with van der Waals surface area (Å²) >= 11 is 0. The average molecular weight is 391 g/mol. The SMILES string of the molecule is C=C/C=C\CC(F)Nc1nc(C)nc(NC(=O)CC)c1C(CCC)C(=O)NC. The third-order valence-corrected chi connectivity index (χ3v) is 4.03. The molecule has 1 aromatic rings. The Bertz CT molecular complexity index is 721. The molecule has 0 aliphatic rings. The number of likely N-dealkylation sites (N-methyl/N-ethyl adjacent to an activating group) is 1. The minimum absolute atomic E-state index is 0.101. The van der Waals surface area contributed by atoms with Crippen molar-refractivity contribution in [3.8, 4) is 0 Å². The Morgan fingerprint density at radius 1 is 1.25 bits per heavy atom. The molecule has 0 bridgehead atoms. The van der Waals surface area contributed by atoms with Crippen molar-refractivity contribution in [2.45, 2.75) is 58.7 Å². The molecule has 1 rings (SSSR count). The first-order chi connectivity index (χ1) is 13.4. The number of allylic oxidation sites excluding steroid dienone is 2. The van der Waals surface area contributed by atoms with Crippen molar-refractivity contribution in [2.75, 3.05) is 17.7 Å². The Labute approximate surface area is 165 Å². The molecule has 2 amide bonds. The van der Waals surface area contributed by atoms with Crippen LogP contribution in [-0.4, -0.2) is 35.1 Å². The summed E-state index contributed by atoms with van der Waals surface area (Å²) in [6.07, 6.45) is 5.00. The Kier molecular flexibility index (Phi) is 9.84. The fourth-order valence-electron chi connectivity index (χ4n) is 2.71. The summed E-state index contributed by atoms with van der Waals surface area (Å²) in [5.74, 6) is -0.313. The van der Waals surface area contributed by atoms with Crippen LogP contribution in [-0.2, 0) is 9.59 Å². The van der Waals surface area contributed by atoms with Gasteiger partial charge in [0, 0.05) is 25.5 Å². The zero-order chi connectivity index (χ0) is 21.1. The van der Waals surface area contributed by atoms with Crippen LogP contribution in [0.5, 0.6) is 0 Å². The van der Waals surface area contributed by atoms with E-state index >= 15 is 0 Å². The van der Waals surface area contributed by atoms with Crippen LogP contribution in [0.25, 0.3) is 0 Å². The maximum Gasteiger partial charge on any atom is 0.227 e. The fraction of sp³-hybridized carbons (Fsp3) is 0.500. The van der Waals surface area contributed by atoms with Gasteiger partial charge in [0.1, 0.15) is 17.5 Å². The summed E-state index contributed by atoms with van der Waals surface area (Å²) in [5.41, 5.74) is 0.393. The van der Waals surface area contributed by atoms with Crippen LogP contribution in [0.1, 0.15) is 56.8 Å². The molecule has 0 aliphatic heterocycles. The molecule has 3 N–H and O–H groups in total. The van der Waals surface area contributed by atoms with Crippen molar-refractivity contribution in [3.63, 3.8) is 0 Å². The van der Waals surface area contributed by atoms with Gasteiger partial charge in [0.15, 0.2) is 6.30 Å². The first-order valence-corrected chi connectivity index (χ1v) is 9.45. The Morgan fingerprint density at radius 2 is 1.93 bits per heavy atom. The molecular weight excluding hydrogens is 361 g/mol. The molecule has 0 spiro atoms. The largest absolute Gasteiger partial charge is 0.359 e. The summed E-state index contributed by atoms with van der Waals surface area (Å²) in [5, 5.41) is 8.08. The molecule has 8 heteroatoms. The molecule has 7 nitrogen and oxygen atoms in total. The van der Waals surface area contributed by atoms with Gasteiger partial charge in [0.2, 0.25) is 11.8 Å². The normalized spacial score (nSPS) is 13.0. The third-order valence-electron chi connectivity index (χ3n) is 4.03. The van der Waals surface area contributed by atoms with E-state index < -0.39 is 12.2 Å². The maximum absolute atomic E-state index is 14.5. The lowest BCUT2D eigenvalue weighted by molar-refractivity contribution is -0.122. The summed E-state index contributed by atoms with van der Waals surface area (Å²) in [4.78, 5) is 33.1. The molecule has 0 saturated heterocycles. The van der Waals surface area contributed by atoms with Crippen LogP contribution in [0.2, 0.25) is 0 Å². The zero-order valence-electron chi connectivity index (χ0n) is 17.0. The maximum atomic E-state index is 14.5. The molecule has 0 aliphatic carbocycles. The second-order valence-electron chi connectivity index (χ2n) is 6.25. The number of amides is 2. The van der Waals surface area contributed by atoms with Crippen LogP contribution in [0.3, 0.4) is 0 Å². The van der Waals surface area contributed by atoms with Gasteiger partial charge in [0.05, 0.1) is 5.92 Å². The highest BCUT2D eigenvalue weighted by Crippen LogP contribution is 2.34. The quantitative estimate of drug-likeness (QED) is 0.396. The smallest absolute Gasteiger partial charge is 0.227 e. The Balaban J connectivity index is 3.45. The molecule has 1 heterocycles. The third kappa shape index (κ3) is 6.75. The van der Waals surface area contributed by atoms with Gasteiger partial charge >= 0.3 is 0 Å². The minimum atomic E-state index is -1.43. The predicted octanol–water partition coefficient (Wildman–Crippen LogP) is 3.60. The number of anilines is 2. The van der Waals surface area contributed by atoms with Crippen molar-refractivity contribution >= 4 is 23.5 Å². The van der Waals surface area contributed by atoms with Gasteiger partial charge in [-0.1, -0.05) is 45.1 Å². The van der Waals surface area contributed by atoms with Gasteiger partial charge in [0.25, 0.3) is 0 Å². The standard InChI is InChI=1S/C20H30FN5O2/c1-6-9-10-12-15(21)25-18-17(14(11-7-2)20(28)22-5)19(24-13(4)23-18)26-16(27)8-3/h6,9-10,14-15H,1,7-8,11-12H2,2-5H3,(H,22,28)(H2,23,24,25,26,27)/b10-9-. The lowest BCUT2D eigenvalue weighted by atomic mass is 9.93. The molecule has 0 fully saturated rings. The Hall–Kier alpha value is -2.77. The molecule has 0 saturated carbocycles. The topological polar surface area (TPSA) is 96.0 Å². The number of alkyl halides is 1. The van der Waals surface area contributed by atoms with E-state index in [9.17, 15) is 14.0 Å². The fourth-order valence-corrected chi connectivity index (χ4v) is 2.71. The highest BCUT2D eigenvalue weighted by Gasteiger charge is 2.28. The van der Waals surface area contributed by atoms with Crippen LogP contribution in [0.4, 0.5) is 16.0 Å². The van der Waals surface area contributed by atoms with Gasteiger partial charge in [-0.3, -0.25) is 9.59 Å². The minimum Gasteiger partial charge on any atom is -0.359 e. The number of carbonyl (C=O) groups is 2. The van der Waals surface area contributed by atoms with Crippen molar-refractivity contribution in [3.05, 3.63) is 36.2 Å². The van der Waals surface area contributed by atoms with Crippen molar-refractivity contribution in [2.24, 2.45) is 0 Å². The number of halogens is 1. The predicted molar refractivity (Wildman–Crippen MR) is 110 cm³/mol. The number of aryl methyl sites for hydroxylation is 1. The van der Waals surface area contributed by atoms with E-state index in [4.69, 9.17) is 0 Å². The summed E-state index contributed by atoms with van der Waals surface area (Å²) in [6, 6.07) is 0. The van der Waals surface area contributed by atoms with E-state index in [-0.39, 0.29) is 36.3 Å². The van der Waals surface area contributed by atoms with Crippen LogP contribution >= 0.6 is 0 Å². The second kappa shape index (κ2) is 11.8. The molecule has 2 atom stereocenters. The van der Waals surface area contributed by atoms with E-state index in [1.54, 1.807) is 32.1 Å². The molecule has 28 heavy (non-hydrogen) atoms. The molecule has 0 aromatic carbocycles. The van der Waals surface area contributed by atoms with Gasteiger partial charge < -0.3 is 16.0 Å². The van der Waals surface area contributed by atoms with Crippen LogP contribution < -0.4 is 16.0 Å². The van der Waals surface area contributed by atoms with Crippen LogP contribution in [0, 0.1) is 6.92 Å². The molecular formula is C20H30FN5O2. The van der Waals surface area contributed by atoms with Crippen LogP contribution in [0.15, 0.2) is 24.8 Å². The highest BCUT2D eigenvalue weighted by molar-refractivity contribution is 5.93. The van der Waals surface area contributed by atoms with E-state index in [2.05, 4.69) is 32.5 Å². The molecule has 154 valence electrons. The van der Waals surface area contributed by atoms with E-state index in [0.717, 1.165) is 0 Å². The zero-order valence-corrected chi connectivity index (χ0v) is 17.0. The Morgan fingerprint density at radius 3 is 2.50 bits per heavy atom. The van der Waals surface area contributed by atoms with Gasteiger partial charge in [-0.2, -0.15) is 0 Å². The van der Waals surface area contributed by atoms with Crippen molar-refractivity contribution < 1.29 is 14.0 Å². The molecule has 1 aromatic heterocycles. The number of nitrogens with one attached hydrogen (secondary N) is 3. The number of hydrogen-bond acceptors (Lipinski definition) is 5. The lowest BCUT2D eigenvalue weighted by Crippen LogP contribution is -2.29. The summed E-state index contributed by atoms with van der Waals surface area (Å²) in [7, 11) is 1.54. The molecule has 0 radical (unpaired) electrons. The monoisotopic (exact) mass is 391 g/mol.